The molecule has 25 heavy (non-hydrogen) atoms. The Morgan fingerprint density at radius 2 is 1.76 bits per heavy atom. The Labute approximate surface area is 150 Å². The van der Waals surface area contributed by atoms with E-state index in [1.54, 1.807) is 7.11 Å². The maximum absolute atomic E-state index is 12.8. The molecule has 1 aliphatic carbocycles. The van der Waals surface area contributed by atoms with Crippen LogP contribution in [0.1, 0.15) is 53.1 Å². The lowest BCUT2D eigenvalue weighted by Gasteiger charge is -2.35. The maximum Gasteiger partial charge on any atom is 0.253 e. The van der Waals surface area contributed by atoms with Crippen LogP contribution in [0.2, 0.25) is 0 Å². The zero-order valence-electron chi connectivity index (χ0n) is 15.2. The van der Waals surface area contributed by atoms with Crippen LogP contribution in [0.15, 0.2) is 54.6 Å². The molecule has 1 aliphatic rings. The van der Waals surface area contributed by atoms with E-state index in [1.165, 1.54) is 5.56 Å². The van der Waals surface area contributed by atoms with E-state index in [1.807, 2.05) is 36.2 Å². The van der Waals surface area contributed by atoms with Crippen LogP contribution in [0.5, 0.6) is 0 Å². The molecular formula is C22H27NO2. The molecule has 132 valence electrons. The van der Waals surface area contributed by atoms with Gasteiger partial charge in [0.2, 0.25) is 0 Å². The van der Waals surface area contributed by atoms with E-state index in [2.05, 4.69) is 30.3 Å². The van der Waals surface area contributed by atoms with Gasteiger partial charge in [-0.3, -0.25) is 4.79 Å². The molecule has 0 unspecified atom stereocenters. The molecule has 3 heteroatoms. The second kappa shape index (κ2) is 8.30. The van der Waals surface area contributed by atoms with Crippen molar-refractivity contribution in [1.29, 1.82) is 0 Å². The summed E-state index contributed by atoms with van der Waals surface area (Å²) in [5.74, 6) is 0.743. The van der Waals surface area contributed by atoms with Gasteiger partial charge < -0.3 is 9.64 Å². The van der Waals surface area contributed by atoms with Crippen molar-refractivity contribution >= 4 is 5.91 Å². The lowest BCUT2D eigenvalue weighted by atomic mass is 9.81. The van der Waals surface area contributed by atoms with E-state index in [9.17, 15) is 4.79 Å². The summed E-state index contributed by atoms with van der Waals surface area (Å²) >= 11 is 0. The van der Waals surface area contributed by atoms with Crippen LogP contribution in [0, 0.1) is 0 Å². The number of hydrogen-bond donors (Lipinski definition) is 0. The summed E-state index contributed by atoms with van der Waals surface area (Å²) < 4.78 is 5.17. The highest BCUT2D eigenvalue weighted by atomic mass is 16.5. The van der Waals surface area contributed by atoms with Gasteiger partial charge in [0, 0.05) is 25.8 Å². The smallest absolute Gasteiger partial charge is 0.253 e. The number of methoxy groups -OCH3 is 1. The van der Waals surface area contributed by atoms with Crippen molar-refractivity contribution in [1.82, 2.24) is 4.90 Å². The van der Waals surface area contributed by atoms with Crippen molar-refractivity contribution in [2.24, 2.45) is 0 Å². The predicted molar refractivity (Wildman–Crippen MR) is 101 cm³/mol. The van der Waals surface area contributed by atoms with E-state index in [0.29, 0.717) is 18.6 Å². The second-order valence-electron chi connectivity index (χ2n) is 6.97. The molecule has 0 aliphatic heterocycles. The zero-order valence-corrected chi connectivity index (χ0v) is 15.2. The summed E-state index contributed by atoms with van der Waals surface area (Å²) in [6.07, 6.45) is 4.44. The van der Waals surface area contributed by atoms with Crippen LogP contribution in [-0.2, 0) is 11.3 Å². The molecule has 0 saturated heterocycles. The fraction of sp³-hybridized carbons (Fsp3) is 0.409. The largest absolute Gasteiger partial charge is 0.380 e. The molecule has 0 aromatic heterocycles. The van der Waals surface area contributed by atoms with E-state index in [-0.39, 0.29) is 5.91 Å². The first-order chi connectivity index (χ1) is 12.2. The van der Waals surface area contributed by atoms with Gasteiger partial charge in [0.15, 0.2) is 0 Å². The molecule has 0 heterocycles. The fourth-order valence-corrected chi connectivity index (χ4v) is 3.85. The molecular weight excluding hydrogens is 310 g/mol. The minimum Gasteiger partial charge on any atom is -0.380 e. The van der Waals surface area contributed by atoms with Crippen molar-refractivity contribution in [3.63, 3.8) is 0 Å². The third kappa shape index (κ3) is 4.29. The summed E-state index contributed by atoms with van der Waals surface area (Å²) in [7, 11) is 3.62. The Morgan fingerprint density at radius 1 is 1.04 bits per heavy atom. The average Bonchev–Trinajstić information content (AvgIpc) is 2.68. The third-order valence-electron chi connectivity index (χ3n) is 5.32. The lowest BCUT2D eigenvalue weighted by Crippen LogP contribution is -2.39. The van der Waals surface area contributed by atoms with Gasteiger partial charge in [-0.05, 0) is 54.9 Å². The molecule has 0 atom stereocenters. The van der Waals surface area contributed by atoms with Crippen LogP contribution in [0.3, 0.4) is 0 Å². The zero-order chi connectivity index (χ0) is 17.6. The standard InChI is InChI=1S/C22H27NO2/c1-23(22(24)20-10-6-7-17(15-20)16-25-2)21-13-11-19(12-14-21)18-8-4-3-5-9-18/h3-10,15,19,21H,11-14,16H2,1-2H3. The first kappa shape index (κ1) is 17.7. The van der Waals surface area contributed by atoms with Crippen molar-refractivity contribution in [2.45, 2.75) is 44.2 Å². The number of carbonyl (C=O) groups is 1. The van der Waals surface area contributed by atoms with E-state index < -0.39 is 0 Å². The molecule has 2 aromatic rings. The lowest BCUT2D eigenvalue weighted by molar-refractivity contribution is 0.0689. The molecule has 2 aromatic carbocycles. The first-order valence-electron chi connectivity index (χ1n) is 9.09. The van der Waals surface area contributed by atoms with E-state index in [4.69, 9.17) is 4.74 Å². The Balaban J connectivity index is 1.61. The van der Waals surface area contributed by atoms with Gasteiger partial charge in [0.1, 0.15) is 0 Å². The second-order valence-corrected chi connectivity index (χ2v) is 6.97. The molecule has 1 amide bonds. The highest BCUT2D eigenvalue weighted by Crippen LogP contribution is 2.34. The number of amides is 1. The molecule has 3 nitrogen and oxygen atoms in total. The molecule has 1 saturated carbocycles. The van der Waals surface area contributed by atoms with Crippen LogP contribution in [0.4, 0.5) is 0 Å². The topological polar surface area (TPSA) is 29.5 Å². The van der Waals surface area contributed by atoms with Gasteiger partial charge in [-0.25, -0.2) is 0 Å². The number of ether oxygens (including phenoxy) is 1. The molecule has 0 bridgehead atoms. The summed E-state index contributed by atoms with van der Waals surface area (Å²) in [4.78, 5) is 14.8. The van der Waals surface area contributed by atoms with E-state index >= 15 is 0 Å². The Morgan fingerprint density at radius 3 is 2.44 bits per heavy atom. The quantitative estimate of drug-likeness (QED) is 0.796. The summed E-state index contributed by atoms with van der Waals surface area (Å²) in [6, 6.07) is 18.8. The molecule has 1 fully saturated rings. The Hall–Kier alpha value is -2.13. The number of nitrogens with zero attached hydrogens (tertiary/aromatic N) is 1. The Bertz CT molecular complexity index is 690. The van der Waals surface area contributed by atoms with Crippen molar-refractivity contribution in [3.05, 3.63) is 71.3 Å². The van der Waals surface area contributed by atoms with Gasteiger partial charge in [-0.2, -0.15) is 0 Å². The average molecular weight is 337 g/mol. The minimum atomic E-state index is 0.112. The molecule has 3 rings (SSSR count). The molecule has 0 spiro atoms. The van der Waals surface area contributed by atoms with Gasteiger partial charge >= 0.3 is 0 Å². The highest BCUT2D eigenvalue weighted by molar-refractivity contribution is 5.94. The van der Waals surface area contributed by atoms with Crippen molar-refractivity contribution in [3.8, 4) is 0 Å². The van der Waals surface area contributed by atoms with Gasteiger partial charge in [0.05, 0.1) is 6.61 Å². The van der Waals surface area contributed by atoms with Crippen LogP contribution in [0.25, 0.3) is 0 Å². The minimum absolute atomic E-state index is 0.112. The van der Waals surface area contributed by atoms with Gasteiger partial charge in [0.25, 0.3) is 5.91 Å². The molecule has 0 N–H and O–H groups in total. The van der Waals surface area contributed by atoms with Crippen molar-refractivity contribution < 1.29 is 9.53 Å². The summed E-state index contributed by atoms with van der Waals surface area (Å²) in [6.45, 7) is 0.535. The van der Waals surface area contributed by atoms with Crippen LogP contribution in [-0.4, -0.2) is 31.0 Å². The normalized spacial score (nSPS) is 20.2. The highest BCUT2D eigenvalue weighted by Gasteiger charge is 2.27. The van der Waals surface area contributed by atoms with Crippen molar-refractivity contribution in [2.75, 3.05) is 14.2 Å². The fourth-order valence-electron chi connectivity index (χ4n) is 3.85. The summed E-state index contributed by atoms with van der Waals surface area (Å²) in [5.41, 5.74) is 3.22. The van der Waals surface area contributed by atoms with Gasteiger partial charge in [-0.1, -0.05) is 42.5 Å². The first-order valence-corrected chi connectivity index (χ1v) is 9.09. The van der Waals surface area contributed by atoms with Crippen LogP contribution < -0.4 is 0 Å². The summed E-state index contributed by atoms with van der Waals surface area (Å²) in [5, 5.41) is 0. The van der Waals surface area contributed by atoms with Crippen LogP contribution >= 0.6 is 0 Å². The molecule has 0 radical (unpaired) electrons. The third-order valence-corrected chi connectivity index (χ3v) is 5.32. The number of rotatable bonds is 5. The predicted octanol–water partition coefficient (Wildman–Crippen LogP) is 4.63. The monoisotopic (exact) mass is 337 g/mol. The Kier molecular flexibility index (Phi) is 5.87. The number of hydrogen-bond acceptors (Lipinski definition) is 2. The van der Waals surface area contributed by atoms with Gasteiger partial charge in [-0.15, -0.1) is 0 Å². The maximum atomic E-state index is 12.8. The number of carbonyl (C=O) groups excluding carboxylic acids is 1. The van der Waals surface area contributed by atoms with E-state index in [0.717, 1.165) is 36.8 Å². The number of benzene rings is 2. The SMILES string of the molecule is COCc1cccc(C(=O)N(C)C2CCC(c3ccccc3)CC2)c1.